The van der Waals surface area contributed by atoms with Crippen LogP contribution in [0.2, 0.25) is 0 Å². The Balaban J connectivity index is 1.47. The molecular weight excluding hydrogens is 388 g/mol. The van der Waals surface area contributed by atoms with Gasteiger partial charge < -0.3 is 25.0 Å². The first-order chi connectivity index (χ1) is 15.2. The number of piperidine rings is 1. The van der Waals surface area contributed by atoms with Crippen molar-refractivity contribution in [2.75, 3.05) is 39.4 Å². The number of hydrogen-bond acceptors (Lipinski definition) is 4. The van der Waals surface area contributed by atoms with Crippen LogP contribution in [0.1, 0.15) is 63.5 Å². The zero-order valence-corrected chi connectivity index (χ0v) is 19.8. The summed E-state index contributed by atoms with van der Waals surface area (Å²) >= 11 is 0. The van der Waals surface area contributed by atoms with Crippen molar-refractivity contribution in [1.82, 2.24) is 15.5 Å². The summed E-state index contributed by atoms with van der Waals surface area (Å²) in [6.07, 6.45) is 7.61. The van der Waals surface area contributed by atoms with E-state index in [1.165, 1.54) is 44.3 Å². The second-order valence-corrected chi connectivity index (χ2v) is 8.92. The van der Waals surface area contributed by atoms with Gasteiger partial charge in [-0.25, -0.2) is 4.99 Å². The number of likely N-dealkylation sites (tertiary alicyclic amines) is 1. The van der Waals surface area contributed by atoms with Gasteiger partial charge in [0.05, 0.1) is 19.8 Å². The first kappa shape index (κ1) is 23.9. The molecular formula is C25H42N4O2. The summed E-state index contributed by atoms with van der Waals surface area (Å²) in [5.41, 5.74) is 2.32. The number of ether oxygens (including phenoxy) is 2. The molecule has 1 aromatic rings. The largest absolute Gasteiger partial charge is 0.488 e. The molecule has 0 spiro atoms. The second kappa shape index (κ2) is 12.9. The maximum atomic E-state index is 6.22. The lowest BCUT2D eigenvalue weighted by Crippen LogP contribution is -2.39. The van der Waals surface area contributed by atoms with Gasteiger partial charge in [0.1, 0.15) is 11.9 Å². The summed E-state index contributed by atoms with van der Waals surface area (Å²) < 4.78 is 11.7. The summed E-state index contributed by atoms with van der Waals surface area (Å²) in [5.74, 6) is 1.82. The first-order valence-corrected chi connectivity index (χ1v) is 12.3. The highest BCUT2D eigenvalue weighted by atomic mass is 16.5. The predicted molar refractivity (Wildman–Crippen MR) is 128 cm³/mol. The SMILES string of the molecule is CCNC(=NCc1ccc(C)cc1OC1CCOC1)NCCCCN1CCCCC1C. The second-order valence-electron chi connectivity index (χ2n) is 8.92. The van der Waals surface area contributed by atoms with Gasteiger partial charge in [0.25, 0.3) is 0 Å². The van der Waals surface area contributed by atoms with E-state index >= 15 is 0 Å². The molecule has 2 saturated heterocycles. The van der Waals surface area contributed by atoms with E-state index in [1.807, 2.05) is 0 Å². The smallest absolute Gasteiger partial charge is 0.191 e. The molecule has 6 nitrogen and oxygen atoms in total. The minimum Gasteiger partial charge on any atom is -0.488 e. The van der Waals surface area contributed by atoms with Crippen LogP contribution in [0.3, 0.4) is 0 Å². The van der Waals surface area contributed by atoms with E-state index < -0.39 is 0 Å². The van der Waals surface area contributed by atoms with Gasteiger partial charge in [-0.1, -0.05) is 18.6 Å². The van der Waals surface area contributed by atoms with Crippen molar-refractivity contribution in [3.8, 4) is 5.75 Å². The fourth-order valence-corrected chi connectivity index (χ4v) is 4.33. The van der Waals surface area contributed by atoms with Crippen molar-refractivity contribution in [2.45, 2.75) is 78.0 Å². The normalized spacial score (nSPS) is 22.5. The quantitative estimate of drug-likeness (QED) is 0.335. The number of nitrogens with one attached hydrogen (secondary N) is 2. The molecule has 174 valence electrons. The molecule has 0 aromatic heterocycles. The zero-order chi connectivity index (χ0) is 21.9. The van der Waals surface area contributed by atoms with E-state index in [-0.39, 0.29) is 6.10 Å². The number of aliphatic imine (C=N–C) groups is 1. The first-order valence-electron chi connectivity index (χ1n) is 12.3. The molecule has 2 heterocycles. The van der Waals surface area contributed by atoms with Gasteiger partial charge in [-0.05, 0) is 71.2 Å². The Kier molecular flexibility index (Phi) is 9.94. The van der Waals surface area contributed by atoms with Gasteiger partial charge in [0, 0.05) is 31.1 Å². The van der Waals surface area contributed by atoms with Gasteiger partial charge in [-0.15, -0.1) is 0 Å². The van der Waals surface area contributed by atoms with Gasteiger partial charge >= 0.3 is 0 Å². The van der Waals surface area contributed by atoms with Crippen molar-refractivity contribution in [1.29, 1.82) is 0 Å². The number of guanidine groups is 1. The number of rotatable bonds is 10. The molecule has 0 radical (unpaired) electrons. The van der Waals surface area contributed by atoms with E-state index in [1.54, 1.807) is 0 Å². The number of aryl methyl sites for hydroxylation is 1. The summed E-state index contributed by atoms with van der Waals surface area (Å²) in [6.45, 7) is 12.9. The molecule has 0 bridgehead atoms. The lowest BCUT2D eigenvalue weighted by atomic mass is 10.0. The van der Waals surface area contributed by atoms with E-state index in [0.29, 0.717) is 13.2 Å². The van der Waals surface area contributed by atoms with Crippen LogP contribution in [0.15, 0.2) is 23.2 Å². The molecule has 0 amide bonds. The Bertz CT molecular complexity index is 688. The zero-order valence-electron chi connectivity index (χ0n) is 19.8. The van der Waals surface area contributed by atoms with Crippen LogP contribution >= 0.6 is 0 Å². The number of benzene rings is 1. The maximum Gasteiger partial charge on any atom is 0.191 e. The van der Waals surface area contributed by atoms with E-state index in [2.05, 4.69) is 54.5 Å². The standard InChI is InChI=1S/C25H42N4O2/c1-4-26-25(27-13-6-8-15-29-14-7-5-9-21(29)3)28-18-22-11-10-20(2)17-24(22)31-23-12-16-30-19-23/h10-11,17,21,23H,4-9,12-16,18-19H2,1-3H3,(H2,26,27,28). The number of nitrogens with zero attached hydrogens (tertiary/aromatic N) is 2. The molecule has 31 heavy (non-hydrogen) atoms. The Morgan fingerprint density at radius 1 is 1.23 bits per heavy atom. The highest BCUT2D eigenvalue weighted by Gasteiger charge is 2.19. The lowest BCUT2D eigenvalue weighted by Gasteiger charge is -2.33. The van der Waals surface area contributed by atoms with Crippen LogP contribution in [-0.2, 0) is 11.3 Å². The molecule has 2 N–H and O–H groups in total. The Morgan fingerprint density at radius 3 is 2.90 bits per heavy atom. The summed E-state index contributed by atoms with van der Waals surface area (Å²) in [5, 5.41) is 6.88. The third-order valence-corrected chi connectivity index (χ3v) is 6.26. The van der Waals surface area contributed by atoms with Crippen molar-refractivity contribution in [3.05, 3.63) is 29.3 Å². The van der Waals surface area contributed by atoms with Crippen molar-refractivity contribution in [2.24, 2.45) is 4.99 Å². The van der Waals surface area contributed by atoms with Crippen LogP contribution in [0.5, 0.6) is 5.75 Å². The average Bonchev–Trinajstić information content (AvgIpc) is 3.27. The summed E-state index contributed by atoms with van der Waals surface area (Å²) in [6, 6.07) is 7.13. The molecule has 0 aliphatic carbocycles. The predicted octanol–water partition coefficient (Wildman–Crippen LogP) is 3.87. The van der Waals surface area contributed by atoms with Crippen LogP contribution in [0, 0.1) is 6.92 Å². The fourth-order valence-electron chi connectivity index (χ4n) is 4.33. The molecule has 6 heteroatoms. The Morgan fingerprint density at radius 2 is 2.13 bits per heavy atom. The van der Waals surface area contributed by atoms with Crippen molar-refractivity contribution in [3.63, 3.8) is 0 Å². The molecule has 0 saturated carbocycles. The van der Waals surface area contributed by atoms with Crippen LogP contribution in [0.25, 0.3) is 0 Å². The van der Waals surface area contributed by atoms with E-state index in [0.717, 1.165) is 55.9 Å². The minimum absolute atomic E-state index is 0.151. The molecule has 2 aliphatic heterocycles. The molecule has 2 aliphatic rings. The molecule has 2 fully saturated rings. The maximum absolute atomic E-state index is 6.22. The molecule has 2 atom stereocenters. The Labute approximate surface area is 188 Å². The third kappa shape index (κ3) is 8.00. The summed E-state index contributed by atoms with van der Waals surface area (Å²) in [4.78, 5) is 7.47. The lowest BCUT2D eigenvalue weighted by molar-refractivity contribution is 0.140. The summed E-state index contributed by atoms with van der Waals surface area (Å²) in [7, 11) is 0. The van der Waals surface area contributed by atoms with Gasteiger partial charge in [0.15, 0.2) is 5.96 Å². The van der Waals surface area contributed by atoms with Gasteiger partial charge in [-0.3, -0.25) is 0 Å². The highest BCUT2D eigenvalue weighted by Crippen LogP contribution is 2.24. The molecule has 3 rings (SSSR count). The average molecular weight is 431 g/mol. The van der Waals surface area contributed by atoms with Crippen LogP contribution < -0.4 is 15.4 Å². The molecule has 1 aromatic carbocycles. The minimum atomic E-state index is 0.151. The van der Waals surface area contributed by atoms with Crippen LogP contribution in [0.4, 0.5) is 0 Å². The van der Waals surface area contributed by atoms with E-state index in [4.69, 9.17) is 14.5 Å². The number of hydrogen-bond donors (Lipinski definition) is 2. The van der Waals surface area contributed by atoms with Gasteiger partial charge in [-0.2, -0.15) is 0 Å². The topological polar surface area (TPSA) is 58.1 Å². The van der Waals surface area contributed by atoms with Crippen molar-refractivity contribution >= 4 is 5.96 Å². The van der Waals surface area contributed by atoms with Crippen LogP contribution in [-0.4, -0.2) is 62.4 Å². The van der Waals surface area contributed by atoms with E-state index in [9.17, 15) is 0 Å². The van der Waals surface area contributed by atoms with Gasteiger partial charge in [0.2, 0.25) is 0 Å². The van der Waals surface area contributed by atoms with Crippen molar-refractivity contribution < 1.29 is 9.47 Å². The highest BCUT2D eigenvalue weighted by molar-refractivity contribution is 5.79. The Hall–Kier alpha value is -1.79. The number of unbranched alkanes of at least 4 members (excludes halogenated alkanes) is 1. The molecule has 2 unspecified atom stereocenters. The monoisotopic (exact) mass is 430 g/mol. The third-order valence-electron chi connectivity index (χ3n) is 6.26. The fraction of sp³-hybridized carbons (Fsp3) is 0.720.